The molecule has 0 atom stereocenters. The van der Waals surface area contributed by atoms with Crippen LogP contribution < -0.4 is 4.90 Å². The van der Waals surface area contributed by atoms with Gasteiger partial charge in [0, 0.05) is 26.4 Å². The van der Waals surface area contributed by atoms with Crippen molar-refractivity contribution in [3.05, 3.63) is 24.5 Å². The van der Waals surface area contributed by atoms with Crippen molar-refractivity contribution in [3.63, 3.8) is 0 Å². The molecule has 0 radical (unpaired) electrons. The zero-order valence-electron chi connectivity index (χ0n) is 11.8. The Bertz CT molecular complexity index is 728. The molecule has 1 fully saturated rings. The lowest BCUT2D eigenvalue weighted by atomic mass is 10.1. The first-order valence-corrected chi connectivity index (χ1v) is 8.76. The van der Waals surface area contributed by atoms with Gasteiger partial charge in [-0.05, 0) is 25.0 Å². The number of aryl methyl sites for hydroxylation is 1. The van der Waals surface area contributed by atoms with Crippen LogP contribution in [0.25, 0.3) is 11.0 Å². The van der Waals surface area contributed by atoms with E-state index in [1.165, 1.54) is 6.26 Å². The standard InChI is InChI=1S/C14H19N3O2S/c1-16-10-15-14-12(16)4-3-5-13(14)17-8-6-11(7-9-17)20(2,18)19/h3-5,10-11H,6-9H2,1-2H3. The van der Waals surface area contributed by atoms with Gasteiger partial charge in [-0.2, -0.15) is 0 Å². The summed E-state index contributed by atoms with van der Waals surface area (Å²) in [6.45, 7) is 1.54. The van der Waals surface area contributed by atoms with Crippen LogP contribution >= 0.6 is 0 Å². The Hall–Kier alpha value is -1.56. The number of fused-ring (bicyclic) bond motifs is 1. The zero-order valence-corrected chi connectivity index (χ0v) is 12.6. The van der Waals surface area contributed by atoms with Crippen LogP contribution in [0.4, 0.5) is 5.69 Å². The number of hydrogen-bond acceptors (Lipinski definition) is 4. The highest BCUT2D eigenvalue weighted by Gasteiger charge is 2.27. The number of aromatic nitrogens is 2. The van der Waals surface area contributed by atoms with E-state index in [0.29, 0.717) is 12.8 Å². The average molecular weight is 293 g/mol. The molecule has 2 heterocycles. The van der Waals surface area contributed by atoms with Crippen LogP contribution in [0.5, 0.6) is 0 Å². The van der Waals surface area contributed by atoms with Gasteiger partial charge in [-0.1, -0.05) is 6.07 Å². The summed E-state index contributed by atoms with van der Waals surface area (Å²) in [5.74, 6) is 0. The molecule has 6 heteroatoms. The van der Waals surface area contributed by atoms with Crippen molar-refractivity contribution in [3.8, 4) is 0 Å². The van der Waals surface area contributed by atoms with Crippen molar-refractivity contribution in [2.24, 2.45) is 7.05 Å². The molecule has 0 spiro atoms. The molecule has 1 saturated heterocycles. The van der Waals surface area contributed by atoms with Crippen LogP contribution in [-0.4, -0.2) is 42.6 Å². The molecule has 0 amide bonds. The van der Waals surface area contributed by atoms with Crippen molar-refractivity contribution >= 4 is 26.6 Å². The Morgan fingerprint density at radius 1 is 1.25 bits per heavy atom. The second-order valence-corrected chi connectivity index (χ2v) is 7.84. The second-order valence-electron chi connectivity index (χ2n) is 5.52. The normalized spacial score (nSPS) is 17.8. The third-order valence-corrected chi connectivity index (χ3v) is 5.80. The van der Waals surface area contributed by atoms with Gasteiger partial charge in [0.05, 0.1) is 22.8 Å². The monoisotopic (exact) mass is 293 g/mol. The van der Waals surface area contributed by atoms with Crippen LogP contribution in [0.2, 0.25) is 0 Å². The molecule has 0 bridgehead atoms. The number of hydrogen-bond donors (Lipinski definition) is 0. The molecule has 20 heavy (non-hydrogen) atoms. The maximum atomic E-state index is 11.6. The number of nitrogens with zero attached hydrogens (tertiary/aromatic N) is 3. The van der Waals surface area contributed by atoms with E-state index in [-0.39, 0.29) is 5.25 Å². The average Bonchev–Trinajstić information content (AvgIpc) is 2.80. The third kappa shape index (κ3) is 2.28. The zero-order chi connectivity index (χ0) is 14.3. The molecule has 3 rings (SSSR count). The van der Waals surface area contributed by atoms with E-state index < -0.39 is 9.84 Å². The number of rotatable bonds is 2. The second kappa shape index (κ2) is 4.77. The van der Waals surface area contributed by atoms with E-state index in [2.05, 4.69) is 22.0 Å². The van der Waals surface area contributed by atoms with Gasteiger partial charge in [-0.25, -0.2) is 13.4 Å². The molecule has 108 valence electrons. The molecule has 0 aliphatic carbocycles. The molecule has 2 aromatic rings. The lowest BCUT2D eigenvalue weighted by Gasteiger charge is -2.32. The highest BCUT2D eigenvalue weighted by molar-refractivity contribution is 7.91. The molecule has 1 aromatic carbocycles. The molecular formula is C14H19N3O2S. The molecule has 1 aromatic heterocycles. The summed E-state index contributed by atoms with van der Waals surface area (Å²) in [6.07, 6.45) is 4.55. The summed E-state index contributed by atoms with van der Waals surface area (Å²) in [5.41, 5.74) is 3.20. The van der Waals surface area contributed by atoms with Crippen LogP contribution in [0.1, 0.15) is 12.8 Å². The minimum absolute atomic E-state index is 0.193. The molecule has 0 unspecified atom stereocenters. The van der Waals surface area contributed by atoms with Crippen LogP contribution in [0.15, 0.2) is 24.5 Å². The lowest BCUT2D eigenvalue weighted by molar-refractivity contribution is 0.534. The first kappa shape index (κ1) is 13.4. The largest absolute Gasteiger partial charge is 0.370 e. The van der Waals surface area contributed by atoms with Crippen LogP contribution in [-0.2, 0) is 16.9 Å². The Morgan fingerprint density at radius 2 is 1.95 bits per heavy atom. The minimum Gasteiger partial charge on any atom is -0.370 e. The van der Waals surface area contributed by atoms with Crippen LogP contribution in [0, 0.1) is 0 Å². The fourth-order valence-electron chi connectivity index (χ4n) is 2.92. The quantitative estimate of drug-likeness (QED) is 0.843. The third-order valence-electron chi connectivity index (χ3n) is 4.12. The van der Waals surface area contributed by atoms with Crippen molar-refractivity contribution in [2.75, 3.05) is 24.2 Å². The number of imidazole rings is 1. The van der Waals surface area contributed by atoms with E-state index in [9.17, 15) is 8.42 Å². The van der Waals surface area contributed by atoms with E-state index in [4.69, 9.17) is 0 Å². The fraction of sp³-hybridized carbons (Fsp3) is 0.500. The summed E-state index contributed by atoms with van der Waals surface area (Å²) in [5, 5.41) is -0.193. The number of piperidine rings is 1. The lowest BCUT2D eigenvalue weighted by Crippen LogP contribution is -2.39. The Labute approximate surface area is 119 Å². The number of benzene rings is 1. The van der Waals surface area contributed by atoms with Gasteiger partial charge in [-0.3, -0.25) is 0 Å². The van der Waals surface area contributed by atoms with E-state index in [1.807, 2.05) is 24.0 Å². The molecule has 5 nitrogen and oxygen atoms in total. The molecular weight excluding hydrogens is 274 g/mol. The first-order valence-electron chi connectivity index (χ1n) is 6.80. The van der Waals surface area contributed by atoms with Crippen molar-refractivity contribution in [1.29, 1.82) is 0 Å². The Balaban J connectivity index is 1.87. The van der Waals surface area contributed by atoms with Crippen molar-refractivity contribution in [1.82, 2.24) is 9.55 Å². The highest BCUT2D eigenvalue weighted by atomic mass is 32.2. The summed E-state index contributed by atoms with van der Waals surface area (Å²) in [4.78, 5) is 6.71. The fourth-order valence-corrected chi connectivity index (χ4v) is 3.99. The number of para-hydroxylation sites is 1. The predicted octanol–water partition coefficient (Wildman–Crippen LogP) is 1.59. The van der Waals surface area contributed by atoms with Gasteiger partial charge in [0.25, 0.3) is 0 Å². The van der Waals surface area contributed by atoms with E-state index in [1.54, 1.807) is 0 Å². The van der Waals surface area contributed by atoms with Gasteiger partial charge >= 0.3 is 0 Å². The SMILES string of the molecule is Cn1cnc2c(N3CCC(S(C)(=O)=O)CC3)cccc21. The van der Waals surface area contributed by atoms with E-state index >= 15 is 0 Å². The molecule has 0 saturated carbocycles. The van der Waals surface area contributed by atoms with E-state index in [0.717, 1.165) is 29.8 Å². The highest BCUT2D eigenvalue weighted by Crippen LogP contribution is 2.28. The van der Waals surface area contributed by atoms with Gasteiger partial charge in [0.15, 0.2) is 0 Å². The summed E-state index contributed by atoms with van der Waals surface area (Å²) >= 11 is 0. The Kier molecular flexibility index (Phi) is 3.20. The van der Waals surface area contributed by atoms with Gasteiger partial charge < -0.3 is 9.47 Å². The molecule has 0 N–H and O–H groups in total. The van der Waals surface area contributed by atoms with Crippen molar-refractivity contribution in [2.45, 2.75) is 18.1 Å². The van der Waals surface area contributed by atoms with Crippen molar-refractivity contribution < 1.29 is 8.42 Å². The van der Waals surface area contributed by atoms with Gasteiger partial charge in [0.2, 0.25) is 0 Å². The summed E-state index contributed by atoms with van der Waals surface area (Å²) in [6, 6.07) is 6.15. The smallest absolute Gasteiger partial charge is 0.150 e. The van der Waals surface area contributed by atoms with Crippen LogP contribution in [0.3, 0.4) is 0 Å². The predicted molar refractivity (Wildman–Crippen MR) is 80.8 cm³/mol. The number of sulfone groups is 1. The topological polar surface area (TPSA) is 55.2 Å². The molecule has 1 aliphatic rings. The number of anilines is 1. The maximum Gasteiger partial charge on any atom is 0.150 e. The first-order chi connectivity index (χ1) is 9.47. The summed E-state index contributed by atoms with van der Waals surface area (Å²) in [7, 11) is -0.935. The van der Waals surface area contributed by atoms with Gasteiger partial charge in [-0.15, -0.1) is 0 Å². The maximum absolute atomic E-state index is 11.6. The minimum atomic E-state index is -2.92. The Morgan fingerprint density at radius 3 is 2.60 bits per heavy atom. The van der Waals surface area contributed by atoms with Gasteiger partial charge in [0.1, 0.15) is 15.4 Å². The summed E-state index contributed by atoms with van der Waals surface area (Å²) < 4.78 is 25.2. The molecule has 1 aliphatic heterocycles.